The van der Waals surface area contributed by atoms with Crippen LogP contribution in [-0.4, -0.2) is 36.5 Å². The molecule has 6 heteroatoms. The van der Waals surface area contributed by atoms with Gasteiger partial charge < -0.3 is 10.2 Å². The highest BCUT2D eigenvalue weighted by Gasteiger charge is 2.25. The molecule has 108 valence electrons. The number of likely N-dealkylation sites (tertiary alicyclic amines) is 1. The molecule has 1 aliphatic rings. The zero-order chi connectivity index (χ0) is 14.7. The number of carbonyl (C=O) groups excluding carboxylic acids is 1. The van der Waals surface area contributed by atoms with Crippen LogP contribution in [0.25, 0.3) is 0 Å². The van der Waals surface area contributed by atoms with Crippen molar-refractivity contribution >= 4 is 11.8 Å². The highest BCUT2D eigenvalue weighted by Crippen LogP contribution is 2.25. The van der Waals surface area contributed by atoms with Crippen molar-refractivity contribution in [2.24, 2.45) is 5.73 Å². The smallest absolute Gasteiger partial charge is 0.240 e. The maximum Gasteiger partial charge on any atom is 0.240 e. The molecular formula is C14H20N4O2. The molecule has 1 aliphatic heterocycles. The summed E-state index contributed by atoms with van der Waals surface area (Å²) in [5.41, 5.74) is 6.85. The summed E-state index contributed by atoms with van der Waals surface area (Å²) >= 11 is 0. The summed E-state index contributed by atoms with van der Waals surface area (Å²) in [6.45, 7) is 5.31. The summed E-state index contributed by atoms with van der Waals surface area (Å²) in [4.78, 5) is 14.1. The summed E-state index contributed by atoms with van der Waals surface area (Å²) in [6.07, 6.45) is 2.10. The van der Waals surface area contributed by atoms with E-state index in [4.69, 9.17) is 15.4 Å². The van der Waals surface area contributed by atoms with Gasteiger partial charge in [0.05, 0.1) is 6.54 Å². The number of furan rings is 1. The van der Waals surface area contributed by atoms with Gasteiger partial charge in [0.2, 0.25) is 11.8 Å². The van der Waals surface area contributed by atoms with Gasteiger partial charge >= 0.3 is 0 Å². The van der Waals surface area contributed by atoms with Gasteiger partial charge in [-0.05, 0) is 33.2 Å². The quantitative estimate of drug-likeness (QED) is 0.859. The molecule has 3 N–H and O–H groups in total. The van der Waals surface area contributed by atoms with E-state index < -0.39 is 0 Å². The van der Waals surface area contributed by atoms with Crippen molar-refractivity contribution in [3.8, 4) is 6.07 Å². The third kappa shape index (κ3) is 2.84. The molecule has 0 radical (unpaired) electrons. The third-order valence-electron chi connectivity index (χ3n) is 3.87. The number of nitrogens with zero attached hydrogens (tertiary/aromatic N) is 2. The Kier molecular flexibility index (Phi) is 4.42. The van der Waals surface area contributed by atoms with Crippen molar-refractivity contribution in [2.75, 3.05) is 25.0 Å². The second-order valence-electron chi connectivity index (χ2n) is 5.15. The molecule has 1 saturated heterocycles. The number of nitrogens with one attached hydrogen (secondary N) is 1. The predicted molar refractivity (Wildman–Crippen MR) is 75.2 cm³/mol. The van der Waals surface area contributed by atoms with Crippen LogP contribution >= 0.6 is 0 Å². The summed E-state index contributed by atoms with van der Waals surface area (Å²) in [7, 11) is 0. The van der Waals surface area contributed by atoms with Crippen LogP contribution in [0.15, 0.2) is 4.42 Å². The van der Waals surface area contributed by atoms with E-state index in [1.807, 2.05) is 0 Å². The van der Waals surface area contributed by atoms with Gasteiger partial charge in [-0.25, -0.2) is 0 Å². The highest BCUT2D eigenvalue weighted by molar-refractivity contribution is 5.92. The lowest BCUT2D eigenvalue weighted by Crippen LogP contribution is -2.40. The van der Waals surface area contributed by atoms with Gasteiger partial charge in [-0.1, -0.05) is 0 Å². The minimum Gasteiger partial charge on any atom is -0.444 e. The predicted octanol–water partition coefficient (Wildman–Crippen LogP) is 1.13. The molecule has 1 amide bonds. The summed E-state index contributed by atoms with van der Waals surface area (Å²) < 4.78 is 5.43. The molecule has 0 bridgehead atoms. The molecule has 2 heterocycles. The average Bonchev–Trinajstić information content (AvgIpc) is 2.95. The Labute approximate surface area is 118 Å². The Balaban J connectivity index is 2.02. The molecular weight excluding hydrogens is 256 g/mol. The van der Waals surface area contributed by atoms with Crippen molar-refractivity contribution in [1.29, 1.82) is 5.26 Å². The van der Waals surface area contributed by atoms with E-state index in [1.165, 1.54) is 0 Å². The molecule has 1 atom stereocenters. The number of hydrogen-bond acceptors (Lipinski definition) is 5. The first-order valence-corrected chi connectivity index (χ1v) is 6.80. The SMILES string of the molecule is Cc1oc(NC(=O)CN2CCCC2CN)c(C#N)c1C. The minimum absolute atomic E-state index is 0.171. The molecule has 0 spiro atoms. The first-order valence-electron chi connectivity index (χ1n) is 6.80. The van der Waals surface area contributed by atoms with Crippen molar-refractivity contribution in [3.05, 3.63) is 16.9 Å². The number of carbonyl (C=O) groups is 1. The van der Waals surface area contributed by atoms with Crippen LogP contribution < -0.4 is 11.1 Å². The molecule has 1 aromatic rings. The number of nitrogens with two attached hydrogens (primary N) is 1. The molecule has 0 saturated carbocycles. The van der Waals surface area contributed by atoms with Crippen molar-refractivity contribution in [1.82, 2.24) is 4.90 Å². The van der Waals surface area contributed by atoms with E-state index in [1.54, 1.807) is 13.8 Å². The van der Waals surface area contributed by atoms with Gasteiger partial charge in [0, 0.05) is 18.2 Å². The van der Waals surface area contributed by atoms with E-state index in [9.17, 15) is 4.79 Å². The number of nitriles is 1. The number of amides is 1. The summed E-state index contributed by atoms with van der Waals surface area (Å²) in [5, 5.41) is 11.8. The fraction of sp³-hybridized carbons (Fsp3) is 0.571. The second-order valence-corrected chi connectivity index (χ2v) is 5.15. The van der Waals surface area contributed by atoms with Crippen molar-refractivity contribution in [3.63, 3.8) is 0 Å². The molecule has 1 unspecified atom stereocenters. The molecule has 20 heavy (non-hydrogen) atoms. The van der Waals surface area contributed by atoms with Gasteiger partial charge in [0.1, 0.15) is 17.4 Å². The fourth-order valence-electron chi connectivity index (χ4n) is 2.57. The zero-order valence-corrected chi connectivity index (χ0v) is 11.9. The summed E-state index contributed by atoms with van der Waals surface area (Å²) in [5.74, 6) is 0.726. The topological polar surface area (TPSA) is 95.3 Å². The lowest BCUT2D eigenvalue weighted by atomic mass is 10.2. The van der Waals surface area contributed by atoms with Crippen LogP contribution in [0.1, 0.15) is 29.7 Å². The van der Waals surface area contributed by atoms with Crippen LogP contribution in [-0.2, 0) is 4.79 Å². The van der Waals surface area contributed by atoms with E-state index >= 15 is 0 Å². The summed E-state index contributed by atoms with van der Waals surface area (Å²) in [6, 6.07) is 2.34. The van der Waals surface area contributed by atoms with Crippen LogP contribution in [0.2, 0.25) is 0 Å². The largest absolute Gasteiger partial charge is 0.444 e. The molecule has 1 fully saturated rings. The van der Waals surface area contributed by atoms with Gasteiger partial charge in [0.15, 0.2) is 0 Å². The van der Waals surface area contributed by atoms with Crippen molar-refractivity contribution in [2.45, 2.75) is 32.7 Å². The minimum atomic E-state index is -0.171. The van der Waals surface area contributed by atoms with Gasteiger partial charge in [-0.15, -0.1) is 0 Å². The van der Waals surface area contributed by atoms with E-state index in [-0.39, 0.29) is 24.4 Å². The van der Waals surface area contributed by atoms with Gasteiger partial charge in [0.25, 0.3) is 0 Å². The van der Waals surface area contributed by atoms with Gasteiger partial charge in [-0.3, -0.25) is 15.0 Å². The van der Waals surface area contributed by atoms with Crippen molar-refractivity contribution < 1.29 is 9.21 Å². The standard InChI is InChI=1S/C14H20N4O2/c1-9-10(2)20-14(12(9)7-16)17-13(19)8-18-5-3-4-11(18)6-15/h11H,3-6,8,15H2,1-2H3,(H,17,19). The fourth-order valence-corrected chi connectivity index (χ4v) is 2.57. The third-order valence-corrected chi connectivity index (χ3v) is 3.87. The number of hydrogen-bond donors (Lipinski definition) is 2. The molecule has 1 aromatic heterocycles. The first kappa shape index (κ1) is 14.6. The van der Waals surface area contributed by atoms with Crippen LogP contribution in [0.5, 0.6) is 0 Å². The van der Waals surface area contributed by atoms with E-state index in [0.717, 1.165) is 24.9 Å². The van der Waals surface area contributed by atoms with Gasteiger partial charge in [-0.2, -0.15) is 5.26 Å². The zero-order valence-electron chi connectivity index (χ0n) is 11.9. The average molecular weight is 276 g/mol. The lowest BCUT2D eigenvalue weighted by Gasteiger charge is -2.21. The maximum atomic E-state index is 12.1. The maximum absolute atomic E-state index is 12.1. The molecule has 0 aliphatic carbocycles. The Morgan fingerprint density at radius 1 is 1.60 bits per heavy atom. The second kappa shape index (κ2) is 6.07. The Bertz CT molecular complexity index is 544. The van der Waals surface area contributed by atoms with E-state index in [2.05, 4.69) is 16.3 Å². The number of rotatable bonds is 4. The van der Waals surface area contributed by atoms with E-state index in [0.29, 0.717) is 17.9 Å². The normalized spacial score (nSPS) is 19.0. The molecule has 6 nitrogen and oxygen atoms in total. The Hall–Kier alpha value is -1.84. The Morgan fingerprint density at radius 2 is 2.35 bits per heavy atom. The Morgan fingerprint density at radius 3 is 3.00 bits per heavy atom. The lowest BCUT2D eigenvalue weighted by molar-refractivity contribution is -0.117. The number of aryl methyl sites for hydroxylation is 1. The van der Waals surface area contributed by atoms with Crippen LogP contribution in [0, 0.1) is 25.2 Å². The first-order chi connectivity index (χ1) is 9.56. The monoisotopic (exact) mass is 276 g/mol. The molecule has 2 rings (SSSR count). The number of anilines is 1. The molecule has 0 aromatic carbocycles. The van der Waals surface area contributed by atoms with Crippen LogP contribution in [0.4, 0.5) is 5.88 Å². The highest BCUT2D eigenvalue weighted by atomic mass is 16.4. The van der Waals surface area contributed by atoms with Crippen LogP contribution in [0.3, 0.4) is 0 Å².